The van der Waals surface area contributed by atoms with Gasteiger partial charge < -0.3 is 16.2 Å². The van der Waals surface area contributed by atoms with E-state index in [1.165, 1.54) is 11.3 Å². The largest absolute Gasteiger partial charge is 0.480 e. The van der Waals surface area contributed by atoms with Gasteiger partial charge in [-0.25, -0.2) is 14.8 Å². The van der Waals surface area contributed by atoms with Crippen LogP contribution in [0.15, 0.2) is 35.7 Å². The lowest BCUT2D eigenvalue weighted by atomic mass is 10.1. The number of nitrogens with one attached hydrogen (secondary N) is 1. The van der Waals surface area contributed by atoms with E-state index in [4.69, 9.17) is 5.73 Å². The molecule has 128 valence electrons. The number of nitrogens with zero attached hydrogens (tertiary/aromatic N) is 2. The summed E-state index contributed by atoms with van der Waals surface area (Å²) in [5.74, 6) is -0.967. The van der Waals surface area contributed by atoms with E-state index in [0.29, 0.717) is 11.6 Å². The van der Waals surface area contributed by atoms with E-state index in [2.05, 4.69) is 15.3 Å². The second-order valence-electron chi connectivity index (χ2n) is 5.52. The molecule has 0 aliphatic carbocycles. The summed E-state index contributed by atoms with van der Waals surface area (Å²) in [6.45, 7) is 1.73. The van der Waals surface area contributed by atoms with Crippen molar-refractivity contribution in [2.24, 2.45) is 5.73 Å². The Hall–Kier alpha value is -3.00. The quantitative estimate of drug-likeness (QED) is 0.624. The van der Waals surface area contributed by atoms with E-state index in [0.717, 1.165) is 21.3 Å². The third-order valence-electron chi connectivity index (χ3n) is 3.64. The number of primary amides is 1. The van der Waals surface area contributed by atoms with Crippen LogP contribution in [0.2, 0.25) is 0 Å². The molecule has 1 unspecified atom stereocenters. The zero-order valence-electron chi connectivity index (χ0n) is 13.4. The molecule has 3 rings (SSSR count). The molecule has 4 N–H and O–H groups in total. The van der Waals surface area contributed by atoms with Gasteiger partial charge in [0.2, 0.25) is 5.91 Å². The van der Waals surface area contributed by atoms with Crippen LogP contribution in [0.1, 0.15) is 12.2 Å². The molecule has 7 nitrogen and oxygen atoms in total. The van der Waals surface area contributed by atoms with Crippen molar-refractivity contribution in [2.75, 3.05) is 5.32 Å². The van der Waals surface area contributed by atoms with Crippen LogP contribution in [0.5, 0.6) is 0 Å². The van der Waals surface area contributed by atoms with Crippen molar-refractivity contribution in [3.63, 3.8) is 0 Å². The van der Waals surface area contributed by atoms with Crippen LogP contribution in [0, 0.1) is 6.92 Å². The second kappa shape index (κ2) is 6.86. The Labute approximate surface area is 147 Å². The number of hydrogen-bond donors (Lipinski definition) is 3. The van der Waals surface area contributed by atoms with Crippen molar-refractivity contribution in [3.8, 4) is 11.1 Å². The fraction of sp³-hybridized carbons (Fsp3) is 0.176. The highest BCUT2D eigenvalue weighted by atomic mass is 32.1. The van der Waals surface area contributed by atoms with Crippen LogP contribution >= 0.6 is 11.3 Å². The van der Waals surface area contributed by atoms with Gasteiger partial charge in [0, 0.05) is 10.9 Å². The van der Waals surface area contributed by atoms with Gasteiger partial charge >= 0.3 is 5.97 Å². The molecule has 0 radical (unpaired) electrons. The Bertz CT molecular complexity index is 940. The van der Waals surface area contributed by atoms with Gasteiger partial charge in [0.1, 0.15) is 22.5 Å². The van der Waals surface area contributed by atoms with Crippen LogP contribution in [-0.2, 0) is 9.59 Å². The lowest BCUT2D eigenvalue weighted by molar-refractivity contribution is -0.139. The summed E-state index contributed by atoms with van der Waals surface area (Å²) in [6.07, 6.45) is -0.329. The molecule has 8 heteroatoms. The monoisotopic (exact) mass is 356 g/mol. The molecule has 1 amide bonds. The molecule has 25 heavy (non-hydrogen) atoms. The lowest BCUT2D eigenvalue weighted by Gasteiger charge is -2.15. The summed E-state index contributed by atoms with van der Waals surface area (Å²) in [5.41, 5.74) is 7.04. The Morgan fingerprint density at radius 3 is 2.64 bits per heavy atom. The number of carbonyl (C=O) groups is 2. The molecular weight excluding hydrogens is 340 g/mol. The van der Waals surface area contributed by atoms with Crippen LogP contribution < -0.4 is 11.1 Å². The second-order valence-corrected chi connectivity index (χ2v) is 6.38. The molecular formula is C17H16N4O3S. The zero-order chi connectivity index (χ0) is 18.0. The average Bonchev–Trinajstić information content (AvgIpc) is 2.98. The van der Waals surface area contributed by atoms with Crippen molar-refractivity contribution in [1.29, 1.82) is 0 Å². The van der Waals surface area contributed by atoms with Crippen molar-refractivity contribution in [1.82, 2.24) is 9.97 Å². The molecule has 3 aromatic rings. The molecule has 0 spiro atoms. The summed E-state index contributed by atoms with van der Waals surface area (Å²) in [6, 6.07) is 8.54. The van der Waals surface area contributed by atoms with Crippen LogP contribution in [0.3, 0.4) is 0 Å². The number of fused-ring (bicyclic) bond motifs is 1. The van der Waals surface area contributed by atoms with Gasteiger partial charge in [-0.1, -0.05) is 30.3 Å². The topological polar surface area (TPSA) is 118 Å². The molecule has 0 bridgehead atoms. The van der Waals surface area contributed by atoms with Crippen LogP contribution in [-0.4, -0.2) is 33.0 Å². The first-order valence-corrected chi connectivity index (χ1v) is 8.42. The van der Waals surface area contributed by atoms with Gasteiger partial charge in [-0.3, -0.25) is 4.79 Å². The SMILES string of the molecule is Cc1nc(NC(CC(N)=O)C(=O)O)c2c(-c3ccccc3)csc2n1. The minimum Gasteiger partial charge on any atom is -0.480 e. The number of hydrogen-bond acceptors (Lipinski definition) is 6. The number of rotatable bonds is 6. The Balaban J connectivity index is 2.12. The fourth-order valence-electron chi connectivity index (χ4n) is 2.55. The molecule has 2 heterocycles. The Kier molecular flexibility index (Phi) is 4.62. The molecule has 0 aliphatic heterocycles. The van der Waals surface area contributed by atoms with Gasteiger partial charge in [0.05, 0.1) is 11.8 Å². The Morgan fingerprint density at radius 2 is 2.00 bits per heavy atom. The summed E-state index contributed by atoms with van der Waals surface area (Å²) < 4.78 is 0. The van der Waals surface area contributed by atoms with E-state index in [1.807, 2.05) is 35.7 Å². The number of benzene rings is 1. The molecule has 1 atom stereocenters. The van der Waals surface area contributed by atoms with Gasteiger partial charge in [0.25, 0.3) is 0 Å². The predicted octanol–water partition coefficient (Wildman–Crippen LogP) is 2.41. The highest BCUT2D eigenvalue weighted by Crippen LogP contribution is 2.37. The molecule has 0 saturated carbocycles. The first-order valence-electron chi connectivity index (χ1n) is 7.54. The van der Waals surface area contributed by atoms with E-state index in [1.54, 1.807) is 6.92 Å². The predicted molar refractivity (Wildman–Crippen MR) is 96.4 cm³/mol. The van der Waals surface area contributed by atoms with E-state index >= 15 is 0 Å². The number of carbonyl (C=O) groups excluding carboxylic acids is 1. The van der Waals surface area contributed by atoms with Crippen molar-refractivity contribution in [2.45, 2.75) is 19.4 Å². The van der Waals surface area contributed by atoms with E-state index < -0.39 is 17.9 Å². The maximum Gasteiger partial charge on any atom is 0.326 e. The van der Waals surface area contributed by atoms with Crippen LogP contribution in [0.25, 0.3) is 21.3 Å². The summed E-state index contributed by atoms with van der Waals surface area (Å²) in [4.78, 5) is 32.1. The third kappa shape index (κ3) is 3.58. The molecule has 0 aliphatic rings. The number of carboxylic acid groups (broad SMARTS) is 1. The van der Waals surface area contributed by atoms with Gasteiger partial charge in [-0.15, -0.1) is 11.3 Å². The number of nitrogens with two attached hydrogens (primary N) is 1. The highest BCUT2D eigenvalue weighted by molar-refractivity contribution is 7.17. The molecule has 2 aromatic heterocycles. The van der Waals surface area contributed by atoms with E-state index in [-0.39, 0.29) is 6.42 Å². The van der Waals surface area contributed by atoms with Gasteiger partial charge in [0.15, 0.2) is 0 Å². The minimum absolute atomic E-state index is 0.329. The first kappa shape index (κ1) is 16.8. The van der Waals surface area contributed by atoms with Gasteiger partial charge in [-0.05, 0) is 12.5 Å². The number of aryl methyl sites for hydroxylation is 1. The smallest absolute Gasteiger partial charge is 0.326 e. The number of carboxylic acids is 1. The normalized spacial score (nSPS) is 12.0. The van der Waals surface area contributed by atoms with Crippen molar-refractivity contribution >= 4 is 39.2 Å². The maximum atomic E-state index is 11.4. The lowest BCUT2D eigenvalue weighted by Crippen LogP contribution is -2.34. The summed E-state index contributed by atoms with van der Waals surface area (Å²) in [5, 5.41) is 14.9. The fourth-order valence-corrected chi connectivity index (χ4v) is 3.54. The number of aromatic nitrogens is 2. The summed E-state index contributed by atoms with van der Waals surface area (Å²) in [7, 11) is 0. The number of anilines is 1. The number of amides is 1. The number of aliphatic carboxylic acids is 1. The van der Waals surface area contributed by atoms with E-state index in [9.17, 15) is 14.7 Å². The zero-order valence-corrected chi connectivity index (χ0v) is 14.2. The number of thiophene rings is 1. The standard InChI is InChI=1S/C17H16N4O3S/c1-9-19-15(21-12(17(23)24)7-13(18)22)14-11(8-25-16(14)20-9)10-5-3-2-4-6-10/h2-6,8,12H,7H2,1H3,(H2,18,22)(H,23,24)(H,19,20,21). The Morgan fingerprint density at radius 1 is 1.28 bits per heavy atom. The highest BCUT2D eigenvalue weighted by Gasteiger charge is 2.23. The third-order valence-corrected chi connectivity index (χ3v) is 4.52. The van der Waals surface area contributed by atoms with Crippen molar-refractivity contribution < 1.29 is 14.7 Å². The maximum absolute atomic E-state index is 11.4. The van der Waals surface area contributed by atoms with Crippen LogP contribution in [0.4, 0.5) is 5.82 Å². The average molecular weight is 356 g/mol. The molecule has 0 saturated heterocycles. The molecule has 0 fully saturated rings. The summed E-state index contributed by atoms with van der Waals surface area (Å²) >= 11 is 1.46. The van der Waals surface area contributed by atoms with Crippen molar-refractivity contribution in [3.05, 3.63) is 41.5 Å². The molecule has 1 aromatic carbocycles. The first-order chi connectivity index (χ1) is 12.0. The minimum atomic E-state index is -1.17. The van der Waals surface area contributed by atoms with Gasteiger partial charge in [-0.2, -0.15) is 0 Å².